The van der Waals surface area contributed by atoms with E-state index < -0.39 is 0 Å². The van der Waals surface area contributed by atoms with E-state index in [2.05, 4.69) is 28.1 Å². The summed E-state index contributed by atoms with van der Waals surface area (Å²) < 4.78 is 2.07. The zero-order valence-corrected chi connectivity index (χ0v) is 10.5. The molecule has 1 fully saturated rings. The average molecular weight is 250 g/mol. The van der Waals surface area contributed by atoms with Crippen LogP contribution in [0, 0.1) is 0 Å². The molecule has 0 spiro atoms. The van der Waals surface area contributed by atoms with Gasteiger partial charge in [0.05, 0.1) is 12.2 Å². The second-order valence-electron chi connectivity index (χ2n) is 5.19. The minimum absolute atomic E-state index is 0.307. The quantitative estimate of drug-likeness (QED) is 0.752. The second kappa shape index (κ2) is 3.85. The van der Waals surface area contributed by atoms with Crippen LogP contribution in [0.5, 0.6) is 5.75 Å². The lowest BCUT2D eigenvalue weighted by molar-refractivity contribution is 0.476. The summed E-state index contributed by atoms with van der Waals surface area (Å²) in [5, 5.41) is 16.1. The Morgan fingerprint density at radius 2 is 1.79 bits per heavy atom. The smallest absolute Gasteiger partial charge is 0.116 e. The Hall–Kier alpha value is -2.29. The number of phenolic OH excluding ortho intramolecular Hbond substituents is 1. The van der Waals surface area contributed by atoms with Crippen LogP contribution in [0.1, 0.15) is 18.9 Å². The molecule has 19 heavy (non-hydrogen) atoms. The van der Waals surface area contributed by atoms with Gasteiger partial charge in [-0.1, -0.05) is 18.2 Å². The molecular formula is C16H14N2O. The highest BCUT2D eigenvalue weighted by Crippen LogP contribution is 2.35. The fourth-order valence-electron chi connectivity index (χ4n) is 2.44. The minimum atomic E-state index is 0.307. The lowest BCUT2D eigenvalue weighted by atomic mass is 10.0. The van der Waals surface area contributed by atoms with Gasteiger partial charge in [-0.3, -0.25) is 4.68 Å². The van der Waals surface area contributed by atoms with E-state index in [0.29, 0.717) is 11.8 Å². The predicted molar refractivity (Wildman–Crippen MR) is 75.1 cm³/mol. The molecule has 1 aromatic heterocycles. The molecule has 3 aromatic rings. The number of benzene rings is 2. The van der Waals surface area contributed by atoms with E-state index in [9.17, 15) is 5.11 Å². The van der Waals surface area contributed by atoms with Crippen molar-refractivity contribution in [2.24, 2.45) is 0 Å². The van der Waals surface area contributed by atoms with Gasteiger partial charge in [-0.2, -0.15) is 5.10 Å². The van der Waals surface area contributed by atoms with Crippen molar-refractivity contribution in [1.29, 1.82) is 0 Å². The lowest BCUT2D eigenvalue weighted by Gasteiger charge is -2.02. The van der Waals surface area contributed by atoms with Gasteiger partial charge in [0.15, 0.2) is 0 Å². The third kappa shape index (κ3) is 1.87. The molecule has 0 unspecified atom stereocenters. The van der Waals surface area contributed by atoms with Gasteiger partial charge in [-0.15, -0.1) is 0 Å². The molecule has 1 N–H and O–H groups in total. The Bertz CT molecular complexity index is 756. The van der Waals surface area contributed by atoms with E-state index in [-0.39, 0.29) is 0 Å². The number of hydrogen-bond acceptors (Lipinski definition) is 2. The number of aromatic nitrogens is 2. The van der Waals surface area contributed by atoms with Crippen LogP contribution in [0.2, 0.25) is 0 Å². The molecule has 1 heterocycles. The van der Waals surface area contributed by atoms with Gasteiger partial charge < -0.3 is 5.11 Å². The van der Waals surface area contributed by atoms with Crippen molar-refractivity contribution in [3.63, 3.8) is 0 Å². The fraction of sp³-hybridized carbons (Fsp3) is 0.188. The highest BCUT2D eigenvalue weighted by atomic mass is 16.3. The van der Waals surface area contributed by atoms with E-state index >= 15 is 0 Å². The van der Waals surface area contributed by atoms with Crippen molar-refractivity contribution < 1.29 is 5.11 Å². The summed E-state index contributed by atoms with van der Waals surface area (Å²) >= 11 is 0. The zero-order chi connectivity index (χ0) is 12.8. The number of phenols is 1. The molecule has 0 atom stereocenters. The zero-order valence-electron chi connectivity index (χ0n) is 10.5. The number of rotatable bonds is 2. The molecular weight excluding hydrogens is 236 g/mol. The fourth-order valence-corrected chi connectivity index (χ4v) is 2.44. The molecule has 0 aliphatic heterocycles. The first-order valence-electron chi connectivity index (χ1n) is 6.57. The Morgan fingerprint density at radius 3 is 2.63 bits per heavy atom. The normalized spacial score (nSPS) is 14.9. The van der Waals surface area contributed by atoms with Crippen LogP contribution in [0.25, 0.3) is 21.9 Å². The van der Waals surface area contributed by atoms with Crippen LogP contribution in [0.4, 0.5) is 0 Å². The molecule has 0 bridgehead atoms. The average Bonchev–Trinajstić information content (AvgIpc) is 3.16. The van der Waals surface area contributed by atoms with Crippen molar-refractivity contribution in [2.45, 2.75) is 18.9 Å². The Balaban J connectivity index is 1.78. The highest BCUT2D eigenvalue weighted by Gasteiger charge is 2.24. The number of hydrogen-bond donors (Lipinski definition) is 1. The van der Waals surface area contributed by atoms with Gasteiger partial charge in [0.1, 0.15) is 5.75 Å². The van der Waals surface area contributed by atoms with E-state index in [0.717, 1.165) is 16.3 Å². The van der Waals surface area contributed by atoms with E-state index in [1.54, 1.807) is 12.1 Å². The summed E-state index contributed by atoms with van der Waals surface area (Å²) in [6.45, 7) is 0. The van der Waals surface area contributed by atoms with Crippen molar-refractivity contribution in [3.8, 4) is 16.9 Å². The number of aromatic hydroxyl groups is 1. The molecule has 1 aliphatic carbocycles. The van der Waals surface area contributed by atoms with Crippen molar-refractivity contribution in [1.82, 2.24) is 9.78 Å². The minimum Gasteiger partial charge on any atom is -0.508 e. The molecule has 1 saturated carbocycles. The summed E-state index contributed by atoms with van der Waals surface area (Å²) in [4.78, 5) is 0. The maximum atomic E-state index is 9.47. The summed E-state index contributed by atoms with van der Waals surface area (Å²) in [5.74, 6) is 0.307. The summed E-state index contributed by atoms with van der Waals surface area (Å²) in [5.41, 5.74) is 2.33. The van der Waals surface area contributed by atoms with Crippen LogP contribution in [-0.2, 0) is 0 Å². The monoisotopic (exact) mass is 250 g/mol. The van der Waals surface area contributed by atoms with Gasteiger partial charge in [-0.25, -0.2) is 0 Å². The van der Waals surface area contributed by atoms with E-state index in [1.807, 2.05) is 18.3 Å². The van der Waals surface area contributed by atoms with Crippen LogP contribution >= 0.6 is 0 Å². The van der Waals surface area contributed by atoms with Gasteiger partial charge >= 0.3 is 0 Å². The Morgan fingerprint density at radius 1 is 1.00 bits per heavy atom. The van der Waals surface area contributed by atoms with Gasteiger partial charge in [0, 0.05) is 11.8 Å². The molecule has 3 heteroatoms. The van der Waals surface area contributed by atoms with Gasteiger partial charge in [0.2, 0.25) is 0 Å². The molecule has 0 radical (unpaired) electrons. The summed E-state index contributed by atoms with van der Waals surface area (Å²) in [6.07, 6.45) is 6.55. The predicted octanol–water partition coefficient (Wildman–Crippen LogP) is 3.74. The van der Waals surface area contributed by atoms with Gasteiger partial charge in [-0.05, 0) is 47.4 Å². The molecule has 2 aromatic carbocycles. The topological polar surface area (TPSA) is 38.1 Å². The van der Waals surface area contributed by atoms with Gasteiger partial charge in [0.25, 0.3) is 0 Å². The van der Waals surface area contributed by atoms with Crippen LogP contribution in [0.3, 0.4) is 0 Å². The van der Waals surface area contributed by atoms with E-state index in [4.69, 9.17) is 0 Å². The molecule has 1 aliphatic rings. The molecule has 3 nitrogen and oxygen atoms in total. The van der Waals surface area contributed by atoms with Crippen LogP contribution in [0.15, 0.2) is 48.8 Å². The van der Waals surface area contributed by atoms with Crippen LogP contribution < -0.4 is 0 Å². The Kier molecular flexibility index (Phi) is 2.15. The second-order valence-corrected chi connectivity index (χ2v) is 5.19. The number of fused-ring (bicyclic) bond motifs is 1. The summed E-state index contributed by atoms with van der Waals surface area (Å²) in [6, 6.07) is 12.3. The maximum Gasteiger partial charge on any atom is 0.116 e. The third-order valence-electron chi connectivity index (χ3n) is 3.68. The van der Waals surface area contributed by atoms with Crippen molar-refractivity contribution in [2.75, 3.05) is 0 Å². The van der Waals surface area contributed by atoms with Crippen LogP contribution in [-0.4, -0.2) is 14.9 Å². The molecule has 0 amide bonds. The summed E-state index contributed by atoms with van der Waals surface area (Å²) in [7, 11) is 0. The number of nitrogens with zero attached hydrogens (tertiary/aromatic N) is 2. The first kappa shape index (κ1) is 10.6. The van der Waals surface area contributed by atoms with Crippen molar-refractivity contribution in [3.05, 3.63) is 48.8 Å². The largest absolute Gasteiger partial charge is 0.508 e. The maximum absolute atomic E-state index is 9.47. The standard InChI is InChI=1S/C16H14N2O/c19-16-6-3-11-7-12(1-2-13(11)8-16)14-9-17-18(10-14)15-4-5-15/h1-3,6-10,15,19H,4-5H2. The Labute approximate surface area is 111 Å². The molecule has 4 rings (SSSR count). The highest BCUT2D eigenvalue weighted by molar-refractivity contribution is 5.88. The van der Waals surface area contributed by atoms with E-state index in [1.165, 1.54) is 18.4 Å². The van der Waals surface area contributed by atoms with Crippen molar-refractivity contribution >= 4 is 10.8 Å². The first-order chi connectivity index (χ1) is 9.29. The third-order valence-corrected chi connectivity index (χ3v) is 3.68. The molecule has 0 saturated heterocycles. The SMILES string of the molecule is Oc1ccc2cc(-c3cnn(C4CC4)c3)ccc2c1. The molecule has 94 valence electrons. The first-order valence-corrected chi connectivity index (χ1v) is 6.57. The lowest BCUT2D eigenvalue weighted by Crippen LogP contribution is -1.91.